The van der Waals surface area contributed by atoms with Crippen molar-refractivity contribution in [1.82, 2.24) is 9.97 Å². The molecule has 0 aliphatic rings. The van der Waals surface area contributed by atoms with E-state index in [1.54, 1.807) is 18.3 Å². The van der Waals surface area contributed by atoms with Crippen LogP contribution in [0.4, 0.5) is 8.78 Å². The molecule has 3 nitrogen and oxygen atoms in total. The van der Waals surface area contributed by atoms with Gasteiger partial charge in [0.15, 0.2) is 0 Å². The van der Waals surface area contributed by atoms with Crippen LogP contribution in [-0.4, -0.2) is 16.6 Å². The molecule has 0 saturated heterocycles. The third-order valence-electron chi connectivity index (χ3n) is 1.87. The number of ether oxygens (including phenoxy) is 1. The Morgan fingerprint density at radius 2 is 2.20 bits per heavy atom. The van der Waals surface area contributed by atoms with E-state index >= 15 is 0 Å². The second kappa shape index (κ2) is 4.08. The summed E-state index contributed by atoms with van der Waals surface area (Å²) < 4.78 is 28.2. The highest BCUT2D eigenvalue weighted by Crippen LogP contribution is 2.22. The summed E-state index contributed by atoms with van der Waals surface area (Å²) in [4.78, 5) is 6.72. The van der Waals surface area contributed by atoms with Crippen molar-refractivity contribution in [2.75, 3.05) is 0 Å². The van der Waals surface area contributed by atoms with Crippen LogP contribution in [0.25, 0.3) is 11.3 Å². The molecule has 1 aromatic heterocycles. The van der Waals surface area contributed by atoms with Crippen LogP contribution in [0.5, 0.6) is 5.75 Å². The lowest BCUT2D eigenvalue weighted by molar-refractivity contribution is -0.0498. The summed E-state index contributed by atoms with van der Waals surface area (Å²) in [5.41, 5.74) is 1.51. The molecule has 1 N–H and O–H groups in total. The zero-order valence-corrected chi connectivity index (χ0v) is 7.65. The molecule has 0 atom stereocenters. The molecule has 0 bridgehead atoms. The van der Waals surface area contributed by atoms with Gasteiger partial charge in [0.1, 0.15) is 5.75 Å². The Balaban J connectivity index is 2.27. The fourth-order valence-corrected chi connectivity index (χ4v) is 1.25. The van der Waals surface area contributed by atoms with Crippen LogP contribution in [0.3, 0.4) is 0 Å². The largest absolute Gasteiger partial charge is 0.435 e. The summed E-state index contributed by atoms with van der Waals surface area (Å²) in [6, 6.07) is 6.44. The fourth-order valence-electron chi connectivity index (χ4n) is 1.25. The lowest BCUT2D eigenvalue weighted by atomic mass is 10.1. The minimum absolute atomic E-state index is 0.136. The van der Waals surface area contributed by atoms with E-state index in [0.717, 1.165) is 11.3 Å². The number of H-pyrrole nitrogens is 1. The molecule has 0 aliphatic heterocycles. The van der Waals surface area contributed by atoms with Gasteiger partial charge in [0.25, 0.3) is 0 Å². The number of nitrogens with one attached hydrogen (secondary N) is 1. The summed E-state index contributed by atoms with van der Waals surface area (Å²) in [5, 5.41) is 0. The van der Waals surface area contributed by atoms with Crippen molar-refractivity contribution in [3.63, 3.8) is 0 Å². The Bertz CT molecular complexity index is 429. The maximum Gasteiger partial charge on any atom is 0.387 e. The normalized spacial score (nSPS) is 10.6. The van der Waals surface area contributed by atoms with Crippen molar-refractivity contribution in [3.8, 4) is 17.0 Å². The van der Waals surface area contributed by atoms with Gasteiger partial charge in [-0.05, 0) is 12.1 Å². The molecule has 1 heterocycles. The Morgan fingerprint density at radius 1 is 1.33 bits per heavy atom. The molecular formula is C10H8F2N2O. The third kappa shape index (κ3) is 2.31. The molecule has 0 aliphatic carbocycles. The Labute approximate surface area is 84.7 Å². The predicted octanol–water partition coefficient (Wildman–Crippen LogP) is 2.68. The standard InChI is InChI=1S/C10H8F2N2O/c11-10(12)15-8-3-1-2-7(4-8)9-5-13-6-14-9/h1-6,10H,(H,13,14). The Kier molecular flexibility index (Phi) is 2.62. The molecule has 0 radical (unpaired) electrons. The number of nitrogens with zero attached hydrogens (tertiary/aromatic N) is 1. The maximum absolute atomic E-state index is 12.0. The van der Waals surface area contributed by atoms with Crippen molar-refractivity contribution in [3.05, 3.63) is 36.8 Å². The highest BCUT2D eigenvalue weighted by atomic mass is 19.3. The first-order valence-corrected chi connectivity index (χ1v) is 4.29. The van der Waals surface area contributed by atoms with Crippen LogP contribution >= 0.6 is 0 Å². The van der Waals surface area contributed by atoms with Gasteiger partial charge in [0.05, 0.1) is 18.2 Å². The van der Waals surface area contributed by atoms with E-state index in [1.807, 2.05) is 0 Å². The van der Waals surface area contributed by atoms with Crippen molar-refractivity contribution >= 4 is 0 Å². The number of aromatic amines is 1. The van der Waals surface area contributed by atoms with Crippen LogP contribution in [0.1, 0.15) is 0 Å². The molecule has 0 saturated carbocycles. The highest BCUT2D eigenvalue weighted by molar-refractivity contribution is 5.60. The molecule has 2 rings (SSSR count). The van der Waals surface area contributed by atoms with E-state index in [2.05, 4.69) is 14.7 Å². The lowest BCUT2D eigenvalue weighted by Crippen LogP contribution is -2.01. The molecule has 2 aromatic rings. The van der Waals surface area contributed by atoms with Crippen LogP contribution < -0.4 is 4.74 Å². The summed E-state index contributed by atoms with van der Waals surface area (Å²) in [6.45, 7) is -2.80. The summed E-state index contributed by atoms with van der Waals surface area (Å²) in [7, 11) is 0. The SMILES string of the molecule is FC(F)Oc1cccc(-c2cnc[nH]2)c1. The van der Waals surface area contributed by atoms with Crippen molar-refractivity contribution in [1.29, 1.82) is 0 Å². The van der Waals surface area contributed by atoms with Crippen LogP contribution in [-0.2, 0) is 0 Å². The van der Waals surface area contributed by atoms with E-state index in [9.17, 15) is 8.78 Å². The average molecular weight is 210 g/mol. The number of alkyl halides is 2. The first-order valence-electron chi connectivity index (χ1n) is 4.29. The second-order valence-corrected chi connectivity index (χ2v) is 2.87. The fraction of sp³-hybridized carbons (Fsp3) is 0.100. The minimum Gasteiger partial charge on any atom is -0.435 e. The minimum atomic E-state index is -2.80. The quantitative estimate of drug-likeness (QED) is 0.845. The van der Waals surface area contributed by atoms with E-state index in [-0.39, 0.29) is 5.75 Å². The molecule has 0 spiro atoms. The molecule has 0 amide bonds. The Hall–Kier alpha value is -1.91. The Morgan fingerprint density at radius 3 is 2.87 bits per heavy atom. The molecule has 0 unspecified atom stereocenters. The molecule has 0 fully saturated rings. The van der Waals surface area contributed by atoms with Gasteiger partial charge in [-0.3, -0.25) is 0 Å². The average Bonchev–Trinajstić information content (AvgIpc) is 2.69. The number of hydrogen-bond donors (Lipinski definition) is 1. The van der Waals surface area contributed by atoms with Crippen LogP contribution in [0.15, 0.2) is 36.8 Å². The van der Waals surface area contributed by atoms with E-state index in [0.29, 0.717) is 0 Å². The molecule has 5 heteroatoms. The molecule has 1 aromatic carbocycles. The van der Waals surface area contributed by atoms with Crippen molar-refractivity contribution < 1.29 is 13.5 Å². The zero-order chi connectivity index (χ0) is 10.7. The number of rotatable bonds is 3. The van der Waals surface area contributed by atoms with Gasteiger partial charge < -0.3 is 9.72 Å². The monoisotopic (exact) mass is 210 g/mol. The van der Waals surface area contributed by atoms with Crippen LogP contribution in [0, 0.1) is 0 Å². The number of hydrogen-bond acceptors (Lipinski definition) is 2. The number of aromatic nitrogens is 2. The molecule has 78 valence electrons. The first-order chi connectivity index (χ1) is 7.25. The smallest absolute Gasteiger partial charge is 0.387 e. The third-order valence-corrected chi connectivity index (χ3v) is 1.87. The number of halogens is 2. The highest BCUT2D eigenvalue weighted by Gasteiger charge is 2.05. The number of imidazole rings is 1. The van der Waals surface area contributed by atoms with Gasteiger partial charge in [0.2, 0.25) is 0 Å². The van der Waals surface area contributed by atoms with Gasteiger partial charge in [-0.25, -0.2) is 4.98 Å². The van der Waals surface area contributed by atoms with E-state index in [4.69, 9.17) is 0 Å². The topological polar surface area (TPSA) is 37.9 Å². The molecular weight excluding hydrogens is 202 g/mol. The second-order valence-electron chi connectivity index (χ2n) is 2.87. The van der Waals surface area contributed by atoms with Gasteiger partial charge >= 0.3 is 6.61 Å². The van der Waals surface area contributed by atoms with Gasteiger partial charge in [-0.1, -0.05) is 12.1 Å². The summed E-state index contributed by atoms with van der Waals surface area (Å²) in [6.07, 6.45) is 3.14. The van der Waals surface area contributed by atoms with E-state index < -0.39 is 6.61 Å². The first kappa shape index (κ1) is 9.64. The number of benzene rings is 1. The zero-order valence-electron chi connectivity index (χ0n) is 7.65. The summed E-state index contributed by atoms with van der Waals surface area (Å²) >= 11 is 0. The maximum atomic E-state index is 12.0. The summed E-state index contributed by atoms with van der Waals surface area (Å²) in [5.74, 6) is 0.136. The van der Waals surface area contributed by atoms with Gasteiger partial charge in [-0.15, -0.1) is 0 Å². The molecule has 15 heavy (non-hydrogen) atoms. The lowest BCUT2D eigenvalue weighted by Gasteiger charge is -2.05. The van der Waals surface area contributed by atoms with Crippen LogP contribution in [0.2, 0.25) is 0 Å². The van der Waals surface area contributed by atoms with Crippen molar-refractivity contribution in [2.45, 2.75) is 6.61 Å². The predicted molar refractivity (Wildman–Crippen MR) is 50.7 cm³/mol. The van der Waals surface area contributed by atoms with Crippen molar-refractivity contribution in [2.24, 2.45) is 0 Å². The van der Waals surface area contributed by atoms with Gasteiger partial charge in [0, 0.05) is 5.56 Å². The van der Waals surface area contributed by atoms with E-state index in [1.165, 1.54) is 18.5 Å². The van der Waals surface area contributed by atoms with Gasteiger partial charge in [-0.2, -0.15) is 8.78 Å².